The summed E-state index contributed by atoms with van der Waals surface area (Å²) < 4.78 is 39.6. The molecule has 0 N–H and O–H groups in total. The van der Waals surface area contributed by atoms with Crippen LogP contribution in [0, 0.1) is 6.92 Å². The molecule has 0 unspecified atom stereocenters. The molecule has 0 spiro atoms. The van der Waals surface area contributed by atoms with Crippen molar-refractivity contribution in [3.63, 3.8) is 0 Å². The molecule has 0 aliphatic carbocycles. The largest absolute Gasteiger partial charge is 0.493 e. The first-order chi connectivity index (χ1) is 19.1. The number of hydrogen-bond donors (Lipinski definition) is 0. The monoisotopic (exact) mass is 580 g/mol. The highest BCUT2D eigenvalue weighted by molar-refractivity contribution is 7.89. The number of hydrogen-bond acceptors (Lipinski definition) is 6. The van der Waals surface area contributed by atoms with E-state index in [-0.39, 0.29) is 17.3 Å². The molecule has 0 atom stereocenters. The van der Waals surface area contributed by atoms with E-state index in [1.54, 1.807) is 62.5 Å². The number of rotatable bonds is 12. The number of carbonyl (C=O) groups is 1. The van der Waals surface area contributed by atoms with Gasteiger partial charge < -0.3 is 14.4 Å². The van der Waals surface area contributed by atoms with Gasteiger partial charge in [0.15, 0.2) is 11.5 Å². The van der Waals surface area contributed by atoms with E-state index in [9.17, 15) is 13.2 Å². The quantitative estimate of drug-likeness (QED) is 0.209. The van der Waals surface area contributed by atoms with Gasteiger partial charge in [-0.2, -0.15) is 4.31 Å². The molecule has 212 valence electrons. The Morgan fingerprint density at radius 3 is 2.27 bits per heavy atom. The smallest absolute Gasteiger partial charge is 0.243 e. The molecule has 0 bridgehead atoms. The van der Waals surface area contributed by atoms with Crippen molar-refractivity contribution >= 4 is 38.0 Å². The van der Waals surface area contributed by atoms with Crippen molar-refractivity contribution in [2.45, 2.75) is 44.7 Å². The molecule has 4 rings (SSSR count). The van der Waals surface area contributed by atoms with Gasteiger partial charge in [-0.15, -0.1) is 11.3 Å². The Morgan fingerprint density at radius 1 is 0.900 bits per heavy atom. The molecule has 0 fully saturated rings. The lowest BCUT2D eigenvalue weighted by atomic mass is 10.1. The Balaban J connectivity index is 1.58. The molecule has 0 radical (unpaired) electrons. The zero-order chi connectivity index (χ0) is 28.9. The SMILES string of the molecule is COc1ccc(CCN(Cc2ccc(C)s2)C(=O)CN(C(C)C)S(=O)(=O)c2ccc3ccccc3c2)cc1OC. The highest BCUT2D eigenvalue weighted by Crippen LogP contribution is 2.28. The van der Waals surface area contributed by atoms with Crippen molar-refractivity contribution in [1.82, 2.24) is 9.21 Å². The average molecular weight is 581 g/mol. The number of amides is 1. The highest BCUT2D eigenvalue weighted by Gasteiger charge is 2.31. The number of benzene rings is 3. The summed E-state index contributed by atoms with van der Waals surface area (Å²) in [4.78, 5) is 17.9. The maximum absolute atomic E-state index is 13.8. The Kier molecular flexibility index (Phi) is 9.50. The molecule has 0 saturated carbocycles. The summed E-state index contributed by atoms with van der Waals surface area (Å²) in [6, 6.07) is 22.1. The van der Waals surface area contributed by atoms with Crippen molar-refractivity contribution < 1.29 is 22.7 Å². The first kappa shape index (κ1) is 29.6. The Labute approximate surface area is 241 Å². The summed E-state index contributed by atoms with van der Waals surface area (Å²) in [5, 5.41) is 1.80. The maximum Gasteiger partial charge on any atom is 0.243 e. The van der Waals surface area contributed by atoms with Crippen molar-refractivity contribution in [3.8, 4) is 11.5 Å². The van der Waals surface area contributed by atoms with Crippen LogP contribution in [0.15, 0.2) is 77.7 Å². The molecule has 1 aromatic heterocycles. The third-order valence-electron chi connectivity index (χ3n) is 6.81. The second-order valence-electron chi connectivity index (χ2n) is 9.92. The lowest BCUT2D eigenvalue weighted by molar-refractivity contribution is -0.132. The van der Waals surface area contributed by atoms with Crippen LogP contribution >= 0.6 is 11.3 Å². The van der Waals surface area contributed by atoms with Gasteiger partial charge in [0.2, 0.25) is 15.9 Å². The summed E-state index contributed by atoms with van der Waals surface area (Å²) in [6.07, 6.45) is 0.579. The van der Waals surface area contributed by atoms with E-state index in [1.165, 1.54) is 4.31 Å². The first-order valence-electron chi connectivity index (χ1n) is 13.2. The van der Waals surface area contributed by atoms with Crippen LogP contribution in [0.5, 0.6) is 11.5 Å². The van der Waals surface area contributed by atoms with Gasteiger partial charge in [0, 0.05) is 22.3 Å². The van der Waals surface area contributed by atoms with Gasteiger partial charge in [-0.05, 0) is 79.9 Å². The van der Waals surface area contributed by atoms with Crippen molar-refractivity contribution in [1.29, 1.82) is 0 Å². The maximum atomic E-state index is 13.8. The van der Waals surface area contributed by atoms with Gasteiger partial charge in [-0.3, -0.25) is 4.79 Å². The second kappa shape index (κ2) is 12.8. The first-order valence-corrected chi connectivity index (χ1v) is 15.4. The van der Waals surface area contributed by atoms with Crippen LogP contribution in [0.3, 0.4) is 0 Å². The number of sulfonamides is 1. The molecule has 1 heterocycles. The third kappa shape index (κ3) is 6.83. The van der Waals surface area contributed by atoms with Gasteiger partial charge in [-0.1, -0.05) is 36.4 Å². The van der Waals surface area contributed by atoms with Gasteiger partial charge in [0.05, 0.1) is 32.2 Å². The number of aryl methyl sites for hydroxylation is 1. The Hall–Kier alpha value is -3.40. The Bertz CT molecular complexity index is 1580. The van der Waals surface area contributed by atoms with Crippen molar-refractivity contribution in [2.75, 3.05) is 27.3 Å². The molecule has 7 nitrogen and oxygen atoms in total. The highest BCUT2D eigenvalue weighted by atomic mass is 32.2. The van der Waals surface area contributed by atoms with E-state index >= 15 is 0 Å². The molecule has 0 saturated heterocycles. The summed E-state index contributed by atoms with van der Waals surface area (Å²) in [5.41, 5.74) is 0.988. The number of fused-ring (bicyclic) bond motifs is 1. The average Bonchev–Trinajstić information content (AvgIpc) is 3.37. The summed E-state index contributed by atoms with van der Waals surface area (Å²) in [6.45, 7) is 6.20. The fourth-order valence-electron chi connectivity index (χ4n) is 4.59. The summed E-state index contributed by atoms with van der Waals surface area (Å²) in [7, 11) is -0.734. The van der Waals surface area contributed by atoms with E-state index in [0.717, 1.165) is 26.1 Å². The van der Waals surface area contributed by atoms with Crippen molar-refractivity contribution in [2.24, 2.45) is 0 Å². The molecule has 4 aromatic rings. The minimum Gasteiger partial charge on any atom is -0.493 e. The minimum atomic E-state index is -3.91. The van der Waals surface area contributed by atoms with Crippen molar-refractivity contribution in [3.05, 3.63) is 88.1 Å². The normalized spacial score (nSPS) is 11.8. The third-order valence-corrected chi connectivity index (χ3v) is 9.81. The van der Waals surface area contributed by atoms with E-state index in [4.69, 9.17) is 9.47 Å². The lowest BCUT2D eigenvalue weighted by Crippen LogP contribution is -2.46. The lowest BCUT2D eigenvalue weighted by Gasteiger charge is -2.29. The topological polar surface area (TPSA) is 76.2 Å². The molecule has 1 amide bonds. The zero-order valence-corrected chi connectivity index (χ0v) is 25.2. The molecule has 40 heavy (non-hydrogen) atoms. The van der Waals surface area contributed by atoms with E-state index in [0.29, 0.717) is 31.0 Å². The predicted octanol–water partition coefficient (Wildman–Crippen LogP) is 5.90. The predicted molar refractivity (Wildman–Crippen MR) is 161 cm³/mol. The number of carbonyl (C=O) groups excluding carboxylic acids is 1. The second-order valence-corrected chi connectivity index (χ2v) is 13.2. The van der Waals surface area contributed by atoms with E-state index < -0.39 is 16.1 Å². The molecule has 0 aliphatic rings. The fourth-order valence-corrected chi connectivity index (χ4v) is 7.12. The molecule has 9 heteroatoms. The van der Waals surface area contributed by atoms with Crippen LogP contribution in [0.4, 0.5) is 0 Å². The van der Waals surface area contributed by atoms with Gasteiger partial charge in [0.25, 0.3) is 0 Å². The zero-order valence-electron chi connectivity index (χ0n) is 23.6. The van der Waals surface area contributed by atoms with Gasteiger partial charge in [-0.25, -0.2) is 8.42 Å². The number of thiophene rings is 1. The number of ether oxygens (including phenoxy) is 2. The standard InChI is InChI=1S/C31H36N2O5S2/c1-22(2)33(40(35,36)28-14-12-25-8-6-7-9-26(25)19-28)21-31(34)32(20-27-13-10-23(3)39-27)17-16-24-11-15-29(37-4)30(18-24)38-5/h6-15,18-19,22H,16-17,20-21H2,1-5H3. The number of methoxy groups -OCH3 is 2. The summed E-state index contributed by atoms with van der Waals surface area (Å²) in [5.74, 6) is 1.02. The minimum absolute atomic E-state index is 0.179. The number of nitrogens with zero attached hydrogens (tertiary/aromatic N) is 2. The molecule has 0 aliphatic heterocycles. The molecular formula is C31H36N2O5S2. The van der Waals surface area contributed by atoms with Crippen LogP contribution in [-0.4, -0.2) is 56.9 Å². The van der Waals surface area contributed by atoms with Crippen LogP contribution in [0.1, 0.15) is 29.2 Å². The van der Waals surface area contributed by atoms with Crippen LogP contribution in [0.2, 0.25) is 0 Å². The Morgan fingerprint density at radius 2 is 1.62 bits per heavy atom. The molecular weight excluding hydrogens is 544 g/mol. The van der Waals surface area contributed by atoms with Crippen LogP contribution in [0.25, 0.3) is 10.8 Å². The van der Waals surface area contributed by atoms with Gasteiger partial charge >= 0.3 is 0 Å². The summed E-state index contributed by atoms with van der Waals surface area (Å²) >= 11 is 1.63. The van der Waals surface area contributed by atoms with Crippen LogP contribution < -0.4 is 9.47 Å². The van der Waals surface area contributed by atoms with E-state index in [1.807, 2.05) is 61.5 Å². The van der Waals surface area contributed by atoms with Crippen LogP contribution in [-0.2, 0) is 27.8 Å². The van der Waals surface area contributed by atoms with Gasteiger partial charge in [0.1, 0.15) is 0 Å². The fraction of sp³-hybridized carbons (Fsp3) is 0.323. The molecule has 3 aromatic carbocycles. The van der Waals surface area contributed by atoms with E-state index in [2.05, 4.69) is 0 Å².